The molecular formula is C19H19F3N6O. The van der Waals surface area contributed by atoms with E-state index in [0.29, 0.717) is 18.0 Å². The van der Waals surface area contributed by atoms with Gasteiger partial charge in [0.2, 0.25) is 0 Å². The van der Waals surface area contributed by atoms with Crippen molar-refractivity contribution in [1.29, 1.82) is 0 Å². The maximum Gasteiger partial charge on any atom is 0.416 e. The lowest BCUT2D eigenvalue weighted by molar-refractivity contribution is -0.137. The van der Waals surface area contributed by atoms with Gasteiger partial charge in [-0.05, 0) is 50.1 Å². The first kappa shape index (κ1) is 19.2. The Balaban J connectivity index is 1.47. The molecule has 0 bridgehead atoms. The summed E-state index contributed by atoms with van der Waals surface area (Å²) in [6.45, 7) is 3.10. The van der Waals surface area contributed by atoms with Gasteiger partial charge in [0.1, 0.15) is 5.82 Å². The van der Waals surface area contributed by atoms with Crippen LogP contribution in [0.1, 0.15) is 34.6 Å². The average Bonchev–Trinajstić information content (AvgIpc) is 3.08. The number of amides is 1. The third-order valence-electron chi connectivity index (χ3n) is 4.94. The summed E-state index contributed by atoms with van der Waals surface area (Å²) in [6, 6.07) is 7.94. The molecule has 152 valence electrons. The van der Waals surface area contributed by atoms with Gasteiger partial charge in [-0.2, -0.15) is 17.7 Å². The van der Waals surface area contributed by atoms with E-state index in [1.807, 2.05) is 24.0 Å². The van der Waals surface area contributed by atoms with Crippen molar-refractivity contribution >= 4 is 17.4 Å². The first-order valence-electron chi connectivity index (χ1n) is 9.23. The van der Waals surface area contributed by atoms with Crippen LogP contribution in [-0.4, -0.2) is 44.8 Å². The minimum atomic E-state index is -4.48. The topological polar surface area (TPSA) is 75.4 Å². The molecule has 4 rings (SSSR count). The highest BCUT2D eigenvalue weighted by molar-refractivity contribution is 5.94. The Morgan fingerprint density at radius 2 is 2.03 bits per heavy atom. The van der Waals surface area contributed by atoms with Gasteiger partial charge in [-0.3, -0.25) is 4.79 Å². The molecule has 1 aliphatic rings. The third kappa shape index (κ3) is 4.01. The maximum atomic E-state index is 12.9. The summed E-state index contributed by atoms with van der Waals surface area (Å²) in [7, 11) is 0. The number of rotatable bonds is 3. The van der Waals surface area contributed by atoms with Crippen molar-refractivity contribution in [2.45, 2.75) is 32.0 Å². The Kier molecular flexibility index (Phi) is 4.85. The number of anilines is 1. The molecule has 1 N–H and O–H groups in total. The number of nitrogens with zero attached hydrogens (tertiary/aromatic N) is 5. The van der Waals surface area contributed by atoms with E-state index in [1.165, 1.54) is 12.1 Å². The van der Waals surface area contributed by atoms with E-state index in [4.69, 9.17) is 0 Å². The number of hydrogen-bond donors (Lipinski definition) is 1. The minimum absolute atomic E-state index is 0.00314. The zero-order valence-corrected chi connectivity index (χ0v) is 15.6. The molecule has 1 aromatic carbocycles. The highest BCUT2D eigenvalue weighted by atomic mass is 19.4. The van der Waals surface area contributed by atoms with E-state index in [-0.39, 0.29) is 11.6 Å². The SMILES string of the molecule is Cc1nnc2ccc(N3CCCC(NC(=O)c4cccc(C(F)(F)F)c4)C3)nn12. The van der Waals surface area contributed by atoms with Crippen LogP contribution in [0, 0.1) is 6.92 Å². The molecule has 3 heterocycles. The lowest BCUT2D eigenvalue weighted by Crippen LogP contribution is -2.48. The molecule has 2 aromatic heterocycles. The number of benzene rings is 1. The second-order valence-corrected chi connectivity index (χ2v) is 7.05. The molecule has 1 atom stereocenters. The summed E-state index contributed by atoms with van der Waals surface area (Å²) in [5.41, 5.74) is -0.188. The quantitative estimate of drug-likeness (QED) is 0.727. The Labute approximate surface area is 164 Å². The Bertz CT molecular complexity index is 1050. The highest BCUT2D eigenvalue weighted by Crippen LogP contribution is 2.29. The first-order valence-corrected chi connectivity index (χ1v) is 9.23. The summed E-state index contributed by atoms with van der Waals surface area (Å²) in [4.78, 5) is 14.5. The molecule has 1 fully saturated rings. The van der Waals surface area contributed by atoms with Crippen molar-refractivity contribution in [2.24, 2.45) is 0 Å². The van der Waals surface area contributed by atoms with Gasteiger partial charge in [-0.25, -0.2) is 0 Å². The van der Waals surface area contributed by atoms with Crippen molar-refractivity contribution in [1.82, 2.24) is 25.1 Å². The number of hydrogen-bond acceptors (Lipinski definition) is 5. The van der Waals surface area contributed by atoms with E-state index < -0.39 is 17.6 Å². The van der Waals surface area contributed by atoms with Crippen LogP contribution in [0.4, 0.5) is 19.0 Å². The smallest absolute Gasteiger partial charge is 0.353 e. The number of nitrogens with one attached hydrogen (secondary N) is 1. The molecule has 3 aromatic rings. The molecule has 0 aliphatic carbocycles. The molecule has 7 nitrogen and oxygen atoms in total. The summed E-state index contributed by atoms with van der Waals surface area (Å²) < 4.78 is 40.3. The molecule has 1 saturated heterocycles. The monoisotopic (exact) mass is 404 g/mol. The van der Waals surface area contributed by atoms with Crippen molar-refractivity contribution in [2.75, 3.05) is 18.0 Å². The number of aryl methyl sites for hydroxylation is 1. The molecule has 1 aliphatic heterocycles. The van der Waals surface area contributed by atoms with Crippen LogP contribution in [-0.2, 0) is 6.18 Å². The average molecular weight is 404 g/mol. The van der Waals surface area contributed by atoms with Crippen LogP contribution in [0.5, 0.6) is 0 Å². The molecule has 10 heteroatoms. The van der Waals surface area contributed by atoms with Crippen LogP contribution < -0.4 is 10.2 Å². The number of piperidine rings is 1. The van der Waals surface area contributed by atoms with Gasteiger partial charge < -0.3 is 10.2 Å². The van der Waals surface area contributed by atoms with Gasteiger partial charge in [0, 0.05) is 24.7 Å². The van der Waals surface area contributed by atoms with Gasteiger partial charge in [0.15, 0.2) is 11.5 Å². The normalized spacial score (nSPS) is 17.5. The van der Waals surface area contributed by atoms with Gasteiger partial charge in [0.05, 0.1) is 5.56 Å². The van der Waals surface area contributed by atoms with Crippen molar-refractivity contribution in [3.8, 4) is 0 Å². The van der Waals surface area contributed by atoms with Crippen LogP contribution in [0.15, 0.2) is 36.4 Å². The fraction of sp³-hybridized carbons (Fsp3) is 0.368. The van der Waals surface area contributed by atoms with E-state index in [1.54, 1.807) is 4.52 Å². The van der Waals surface area contributed by atoms with Crippen LogP contribution >= 0.6 is 0 Å². The van der Waals surface area contributed by atoms with Gasteiger partial charge in [-0.1, -0.05) is 6.07 Å². The second-order valence-electron chi connectivity index (χ2n) is 7.05. The van der Waals surface area contributed by atoms with Crippen molar-refractivity contribution in [3.05, 3.63) is 53.3 Å². The van der Waals surface area contributed by atoms with E-state index in [2.05, 4.69) is 20.6 Å². The molecular weight excluding hydrogens is 385 g/mol. The molecule has 29 heavy (non-hydrogen) atoms. The Morgan fingerprint density at radius 3 is 2.83 bits per heavy atom. The summed E-state index contributed by atoms with van der Waals surface area (Å²) >= 11 is 0. The standard InChI is InChI=1S/C19H19F3N6O/c1-12-24-25-16-7-8-17(26-28(12)16)27-9-3-6-15(11-27)23-18(29)13-4-2-5-14(10-13)19(20,21)22/h2,4-5,7-8,10,15H,3,6,9,11H2,1H3,(H,23,29). The number of alkyl halides is 3. The molecule has 1 unspecified atom stereocenters. The molecule has 1 amide bonds. The van der Waals surface area contributed by atoms with Crippen molar-refractivity contribution in [3.63, 3.8) is 0 Å². The zero-order chi connectivity index (χ0) is 20.6. The van der Waals surface area contributed by atoms with Gasteiger partial charge >= 0.3 is 6.18 Å². The largest absolute Gasteiger partial charge is 0.416 e. The number of carbonyl (C=O) groups is 1. The zero-order valence-electron chi connectivity index (χ0n) is 15.6. The van der Waals surface area contributed by atoms with Crippen LogP contribution in [0.3, 0.4) is 0 Å². The molecule has 0 radical (unpaired) electrons. The second kappa shape index (κ2) is 7.34. The fourth-order valence-corrected chi connectivity index (χ4v) is 3.46. The van der Waals surface area contributed by atoms with E-state index >= 15 is 0 Å². The predicted octanol–water partition coefficient (Wildman–Crippen LogP) is 2.85. The number of carbonyl (C=O) groups excluding carboxylic acids is 1. The predicted molar refractivity (Wildman–Crippen MR) is 99.7 cm³/mol. The van der Waals surface area contributed by atoms with E-state index in [9.17, 15) is 18.0 Å². The lowest BCUT2D eigenvalue weighted by Gasteiger charge is -2.33. The first-order chi connectivity index (χ1) is 13.8. The highest BCUT2D eigenvalue weighted by Gasteiger charge is 2.31. The Hall–Kier alpha value is -3.17. The Morgan fingerprint density at radius 1 is 1.21 bits per heavy atom. The van der Waals surface area contributed by atoms with Crippen LogP contribution in [0.25, 0.3) is 5.65 Å². The summed E-state index contributed by atoms with van der Waals surface area (Å²) in [5, 5.41) is 15.4. The summed E-state index contributed by atoms with van der Waals surface area (Å²) in [6.07, 6.45) is -2.91. The fourth-order valence-electron chi connectivity index (χ4n) is 3.46. The number of halogens is 3. The number of fused-ring (bicyclic) bond motifs is 1. The number of aromatic nitrogens is 4. The third-order valence-corrected chi connectivity index (χ3v) is 4.94. The van der Waals surface area contributed by atoms with Crippen LogP contribution in [0.2, 0.25) is 0 Å². The maximum absolute atomic E-state index is 12.9. The van der Waals surface area contributed by atoms with E-state index in [0.717, 1.165) is 37.3 Å². The van der Waals surface area contributed by atoms with Gasteiger partial charge in [0.25, 0.3) is 5.91 Å². The molecule has 0 spiro atoms. The lowest BCUT2D eigenvalue weighted by atomic mass is 10.0. The van der Waals surface area contributed by atoms with Gasteiger partial charge in [-0.15, -0.1) is 15.3 Å². The minimum Gasteiger partial charge on any atom is -0.353 e. The summed E-state index contributed by atoms with van der Waals surface area (Å²) in [5.74, 6) is 0.896. The van der Waals surface area contributed by atoms with Crippen molar-refractivity contribution < 1.29 is 18.0 Å². The molecule has 0 saturated carbocycles.